The van der Waals surface area contributed by atoms with E-state index < -0.39 is 17.6 Å². The molecule has 1 amide bonds. The number of benzene rings is 1. The minimum atomic E-state index is -4.48. The molecule has 0 fully saturated rings. The third kappa shape index (κ3) is 4.66. The molecule has 0 saturated carbocycles. The predicted octanol–water partition coefficient (Wildman–Crippen LogP) is 4.61. The van der Waals surface area contributed by atoms with Gasteiger partial charge in [-0.2, -0.15) is 13.2 Å². The molecule has 0 spiro atoms. The first-order valence-electron chi connectivity index (χ1n) is 6.03. The fourth-order valence-electron chi connectivity index (χ4n) is 1.65. The van der Waals surface area contributed by atoms with E-state index >= 15 is 0 Å². The first kappa shape index (κ1) is 17.3. The van der Waals surface area contributed by atoms with Crippen molar-refractivity contribution in [2.45, 2.75) is 32.0 Å². The van der Waals surface area contributed by atoms with Crippen LogP contribution >= 0.6 is 27.5 Å². The van der Waals surface area contributed by atoms with Gasteiger partial charge in [-0.15, -0.1) is 11.6 Å². The first-order chi connectivity index (χ1) is 9.29. The van der Waals surface area contributed by atoms with Crippen LogP contribution in [0.15, 0.2) is 22.7 Å². The van der Waals surface area contributed by atoms with Gasteiger partial charge in [0.15, 0.2) is 0 Å². The van der Waals surface area contributed by atoms with Gasteiger partial charge in [-0.25, -0.2) is 0 Å². The highest BCUT2D eigenvalue weighted by Gasteiger charge is 2.31. The standard InChI is InChI=1S/C13H14BrClF3NO/c1-2-9(5-6-15)19-12(20)10-7-8(13(16,17)18)3-4-11(10)14/h3-4,7,9H,2,5-6H2,1H3,(H,19,20). The SMILES string of the molecule is CCC(CCCl)NC(=O)c1cc(C(F)(F)F)ccc1Br. The molecule has 1 aromatic carbocycles. The summed E-state index contributed by atoms with van der Waals surface area (Å²) < 4.78 is 38.3. The summed E-state index contributed by atoms with van der Waals surface area (Å²) in [6.45, 7) is 1.87. The Morgan fingerprint density at radius 2 is 2.10 bits per heavy atom. The average molecular weight is 373 g/mol. The van der Waals surface area contributed by atoms with E-state index in [1.54, 1.807) is 0 Å². The molecule has 0 aromatic heterocycles. The number of carbonyl (C=O) groups is 1. The van der Waals surface area contributed by atoms with Crippen LogP contribution in [-0.2, 0) is 6.18 Å². The van der Waals surface area contributed by atoms with Crippen molar-refractivity contribution in [3.63, 3.8) is 0 Å². The Balaban J connectivity index is 2.97. The van der Waals surface area contributed by atoms with Crippen molar-refractivity contribution in [1.29, 1.82) is 0 Å². The molecule has 0 aliphatic rings. The molecular weight excluding hydrogens is 358 g/mol. The number of amides is 1. The molecule has 0 radical (unpaired) electrons. The lowest BCUT2D eigenvalue weighted by Gasteiger charge is -2.17. The van der Waals surface area contributed by atoms with E-state index in [-0.39, 0.29) is 11.6 Å². The van der Waals surface area contributed by atoms with E-state index in [9.17, 15) is 18.0 Å². The Kier molecular flexibility index (Phi) is 6.33. The van der Waals surface area contributed by atoms with Gasteiger partial charge >= 0.3 is 6.18 Å². The Bertz CT molecular complexity index is 479. The molecule has 0 bridgehead atoms. The molecule has 1 atom stereocenters. The highest BCUT2D eigenvalue weighted by molar-refractivity contribution is 9.10. The Morgan fingerprint density at radius 1 is 1.45 bits per heavy atom. The number of halogens is 5. The highest BCUT2D eigenvalue weighted by atomic mass is 79.9. The van der Waals surface area contributed by atoms with Gasteiger partial charge in [-0.05, 0) is 47.0 Å². The third-order valence-corrected chi connectivity index (χ3v) is 3.73. The smallest absolute Gasteiger partial charge is 0.349 e. The van der Waals surface area contributed by atoms with Gasteiger partial charge in [0.2, 0.25) is 0 Å². The number of alkyl halides is 4. The number of carbonyl (C=O) groups excluding carboxylic acids is 1. The van der Waals surface area contributed by atoms with Gasteiger partial charge < -0.3 is 5.32 Å². The number of rotatable bonds is 5. The Hall–Kier alpha value is -0.750. The van der Waals surface area contributed by atoms with Gasteiger partial charge in [0.1, 0.15) is 0 Å². The van der Waals surface area contributed by atoms with E-state index in [0.29, 0.717) is 23.2 Å². The Labute approximate surface area is 128 Å². The minimum absolute atomic E-state index is 0.0344. The largest absolute Gasteiger partial charge is 0.416 e. The summed E-state index contributed by atoms with van der Waals surface area (Å²) in [5.74, 6) is -0.164. The lowest BCUT2D eigenvalue weighted by atomic mass is 10.1. The van der Waals surface area contributed by atoms with Crippen molar-refractivity contribution in [3.8, 4) is 0 Å². The molecule has 20 heavy (non-hydrogen) atoms. The first-order valence-corrected chi connectivity index (χ1v) is 7.36. The molecule has 2 nitrogen and oxygen atoms in total. The van der Waals surface area contributed by atoms with Crippen molar-refractivity contribution in [1.82, 2.24) is 5.32 Å². The second-order valence-electron chi connectivity index (χ2n) is 4.25. The number of hydrogen-bond acceptors (Lipinski definition) is 1. The van der Waals surface area contributed by atoms with Crippen molar-refractivity contribution in [2.24, 2.45) is 0 Å². The second-order valence-corrected chi connectivity index (χ2v) is 5.48. The number of nitrogens with one attached hydrogen (secondary N) is 1. The van der Waals surface area contributed by atoms with Crippen LogP contribution in [0, 0.1) is 0 Å². The van der Waals surface area contributed by atoms with Gasteiger partial charge in [0.25, 0.3) is 5.91 Å². The molecule has 112 valence electrons. The average Bonchev–Trinajstić information content (AvgIpc) is 2.37. The lowest BCUT2D eigenvalue weighted by molar-refractivity contribution is -0.137. The molecule has 7 heteroatoms. The van der Waals surface area contributed by atoms with Crippen molar-refractivity contribution >= 4 is 33.4 Å². The predicted molar refractivity (Wildman–Crippen MR) is 76.0 cm³/mol. The summed E-state index contributed by atoms with van der Waals surface area (Å²) in [6, 6.07) is 2.84. The van der Waals surface area contributed by atoms with Crippen LogP contribution in [0.3, 0.4) is 0 Å². The molecule has 1 aromatic rings. The zero-order valence-electron chi connectivity index (χ0n) is 10.7. The van der Waals surface area contributed by atoms with Gasteiger partial charge in [0.05, 0.1) is 11.1 Å². The van der Waals surface area contributed by atoms with Crippen LogP contribution < -0.4 is 5.32 Å². The molecule has 1 N–H and O–H groups in total. The van der Waals surface area contributed by atoms with Gasteiger partial charge in [0, 0.05) is 16.4 Å². The number of hydrogen-bond donors (Lipinski definition) is 1. The third-order valence-electron chi connectivity index (χ3n) is 2.82. The van der Waals surface area contributed by atoms with E-state index in [1.165, 1.54) is 6.07 Å². The van der Waals surface area contributed by atoms with Gasteiger partial charge in [-0.3, -0.25) is 4.79 Å². The molecule has 0 heterocycles. The van der Waals surface area contributed by atoms with Crippen LogP contribution in [0.1, 0.15) is 35.7 Å². The van der Waals surface area contributed by atoms with E-state index in [1.807, 2.05) is 6.92 Å². The molecule has 0 aliphatic heterocycles. The van der Waals surface area contributed by atoms with E-state index in [2.05, 4.69) is 21.2 Å². The van der Waals surface area contributed by atoms with Crippen molar-refractivity contribution in [3.05, 3.63) is 33.8 Å². The topological polar surface area (TPSA) is 29.1 Å². The van der Waals surface area contributed by atoms with Gasteiger partial charge in [-0.1, -0.05) is 6.92 Å². The van der Waals surface area contributed by atoms with Crippen LogP contribution in [0.5, 0.6) is 0 Å². The summed E-state index contributed by atoms with van der Waals surface area (Å²) in [5, 5.41) is 2.68. The monoisotopic (exact) mass is 371 g/mol. The summed E-state index contributed by atoms with van der Waals surface area (Å²) in [7, 11) is 0. The second kappa shape index (κ2) is 7.31. The molecule has 1 rings (SSSR count). The summed E-state index contributed by atoms with van der Waals surface area (Å²) in [5.41, 5.74) is -0.885. The minimum Gasteiger partial charge on any atom is -0.349 e. The normalized spacial score (nSPS) is 13.1. The molecule has 0 saturated heterocycles. The van der Waals surface area contributed by atoms with Crippen LogP contribution in [-0.4, -0.2) is 17.8 Å². The van der Waals surface area contributed by atoms with Crippen LogP contribution in [0.25, 0.3) is 0 Å². The van der Waals surface area contributed by atoms with Crippen LogP contribution in [0.4, 0.5) is 13.2 Å². The fraction of sp³-hybridized carbons (Fsp3) is 0.462. The fourth-order valence-corrected chi connectivity index (χ4v) is 2.34. The van der Waals surface area contributed by atoms with Crippen molar-refractivity contribution in [2.75, 3.05) is 5.88 Å². The zero-order chi connectivity index (χ0) is 15.3. The van der Waals surface area contributed by atoms with Crippen LogP contribution in [0.2, 0.25) is 0 Å². The molecule has 0 aliphatic carbocycles. The quantitative estimate of drug-likeness (QED) is 0.752. The molecular formula is C13H14BrClF3NO. The molecule has 1 unspecified atom stereocenters. The Morgan fingerprint density at radius 3 is 2.60 bits per heavy atom. The maximum absolute atomic E-state index is 12.6. The lowest BCUT2D eigenvalue weighted by Crippen LogP contribution is -2.35. The summed E-state index contributed by atoms with van der Waals surface area (Å²) in [4.78, 5) is 12.0. The summed E-state index contributed by atoms with van der Waals surface area (Å²) in [6.07, 6.45) is -3.24. The maximum atomic E-state index is 12.6. The van der Waals surface area contributed by atoms with E-state index in [0.717, 1.165) is 12.1 Å². The van der Waals surface area contributed by atoms with E-state index in [4.69, 9.17) is 11.6 Å². The van der Waals surface area contributed by atoms with Crippen molar-refractivity contribution < 1.29 is 18.0 Å². The zero-order valence-corrected chi connectivity index (χ0v) is 13.1. The summed E-state index contributed by atoms with van der Waals surface area (Å²) >= 11 is 8.71. The highest BCUT2D eigenvalue weighted by Crippen LogP contribution is 2.31. The maximum Gasteiger partial charge on any atom is 0.416 e.